The van der Waals surface area contributed by atoms with Crippen molar-refractivity contribution in [1.82, 2.24) is 4.90 Å². The van der Waals surface area contributed by atoms with Crippen molar-refractivity contribution in [2.24, 2.45) is 0 Å². The molecule has 1 aromatic carbocycles. The Hall–Kier alpha value is -1.55. The highest BCUT2D eigenvalue weighted by molar-refractivity contribution is 5.71. The van der Waals surface area contributed by atoms with Gasteiger partial charge in [-0.1, -0.05) is 12.1 Å². The second-order valence-electron chi connectivity index (χ2n) is 3.72. The van der Waals surface area contributed by atoms with Crippen LogP contribution in [0.25, 0.3) is 0 Å². The number of benzene rings is 1. The summed E-state index contributed by atoms with van der Waals surface area (Å²) in [6.07, 6.45) is 0. The van der Waals surface area contributed by atoms with E-state index >= 15 is 0 Å². The first-order valence-electron chi connectivity index (χ1n) is 5.30. The number of anilines is 1. The van der Waals surface area contributed by atoms with Crippen LogP contribution in [0.4, 0.5) is 5.69 Å². The number of hydrogen-bond acceptors (Lipinski definition) is 4. The van der Waals surface area contributed by atoms with Crippen LogP contribution < -0.4 is 5.73 Å². The van der Waals surface area contributed by atoms with Gasteiger partial charge in [0.1, 0.15) is 0 Å². The van der Waals surface area contributed by atoms with E-state index in [1.165, 1.54) is 0 Å². The molecule has 4 heteroatoms. The van der Waals surface area contributed by atoms with E-state index in [1.54, 1.807) is 6.92 Å². The van der Waals surface area contributed by atoms with Gasteiger partial charge in [-0.2, -0.15) is 0 Å². The van der Waals surface area contributed by atoms with Crippen LogP contribution in [0.2, 0.25) is 0 Å². The molecule has 0 fully saturated rings. The van der Waals surface area contributed by atoms with Crippen molar-refractivity contribution >= 4 is 11.7 Å². The highest BCUT2D eigenvalue weighted by atomic mass is 16.5. The van der Waals surface area contributed by atoms with E-state index in [0.29, 0.717) is 19.7 Å². The average molecular weight is 222 g/mol. The zero-order valence-electron chi connectivity index (χ0n) is 9.77. The number of nitrogens with two attached hydrogens (primary N) is 1. The summed E-state index contributed by atoms with van der Waals surface area (Å²) in [6.45, 7) is 3.20. The van der Waals surface area contributed by atoms with Crippen LogP contribution in [0.5, 0.6) is 0 Å². The van der Waals surface area contributed by atoms with Crippen LogP contribution >= 0.6 is 0 Å². The van der Waals surface area contributed by atoms with Crippen LogP contribution in [0.3, 0.4) is 0 Å². The van der Waals surface area contributed by atoms with E-state index in [-0.39, 0.29) is 5.97 Å². The number of ether oxygens (including phenoxy) is 1. The molecular weight excluding hydrogens is 204 g/mol. The second kappa shape index (κ2) is 6.12. The molecule has 4 nitrogen and oxygen atoms in total. The predicted octanol–water partition coefficient (Wildman–Crippen LogP) is 1.26. The number of carbonyl (C=O) groups excluding carboxylic acids is 1. The molecule has 0 aromatic heterocycles. The van der Waals surface area contributed by atoms with Crippen molar-refractivity contribution in [2.45, 2.75) is 13.5 Å². The minimum Gasteiger partial charge on any atom is -0.465 e. The predicted molar refractivity (Wildman–Crippen MR) is 63.8 cm³/mol. The van der Waals surface area contributed by atoms with Gasteiger partial charge in [0.15, 0.2) is 0 Å². The normalized spacial score (nSPS) is 10.4. The molecule has 1 rings (SSSR count). The standard InChI is InChI=1S/C12H18N2O2/c1-3-16-12(15)9-14(2)8-10-5-4-6-11(13)7-10/h4-7H,3,8-9,13H2,1-2H3. The highest BCUT2D eigenvalue weighted by Gasteiger charge is 2.07. The van der Waals surface area contributed by atoms with Crippen LogP contribution in [-0.2, 0) is 16.1 Å². The first-order chi connectivity index (χ1) is 7.61. The second-order valence-corrected chi connectivity index (χ2v) is 3.72. The maximum Gasteiger partial charge on any atom is 0.320 e. The number of nitrogen functional groups attached to an aromatic ring is 1. The Morgan fingerprint density at radius 1 is 1.50 bits per heavy atom. The molecule has 2 N–H and O–H groups in total. The maximum absolute atomic E-state index is 11.2. The van der Waals surface area contributed by atoms with E-state index in [0.717, 1.165) is 11.3 Å². The molecule has 0 aliphatic heterocycles. The molecule has 0 aliphatic carbocycles. The molecule has 0 spiro atoms. The van der Waals surface area contributed by atoms with Crippen LogP contribution in [-0.4, -0.2) is 31.1 Å². The van der Waals surface area contributed by atoms with Crippen LogP contribution in [0.1, 0.15) is 12.5 Å². The fraction of sp³-hybridized carbons (Fsp3) is 0.417. The topological polar surface area (TPSA) is 55.6 Å². The third kappa shape index (κ3) is 4.31. The summed E-state index contributed by atoms with van der Waals surface area (Å²) in [7, 11) is 1.88. The number of likely N-dealkylation sites (N-methyl/N-ethyl adjacent to an activating group) is 1. The molecule has 0 atom stereocenters. The fourth-order valence-electron chi connectivity index (χ4n) is 1.49. The van der Waals surface area contributed by atoms with Crippen molar-refractivity contribution in [3.8, 4) is 0 Å². The zero-order chi connectivity index (χ0) is 12.0. The molecular formula is C12H18N2O2. The number of carbonyl (C=O) groups is 1. The molecule has 0 amide bonds. The van der Waals surface area contributed by atoms with Gasteiger partial charge in [-0.15, -0.1) is 0 Å². The summed E-state index contributed by atoms with van der Waals surface area (Å²) >= 11 is 0. The monoisotopic (exact) mass is 222 g/mol. The van der Waals surface area contributed by atoms with Gasteiger partial charge in [0.25, 0.3) is 0 Å². The van der Waals surface area contributed by atoms with Gasteiger partial charge >= 0.3 is 5.97 Å². The van der Waals surface area contributed by atoms with E-state index in [2.05, 4.69) is 0 Å². The van der Waals surface area contributed by atoms with E-state index < -0.39 is 0 Å². The molecule has 16 heavy (non-hydrogen) atoms. The Balaban J connectivity index is 2.45. The summed E-state index contributed by atoms with van der Waals surface area (Å²) in [6, 6.07) is 7.64. The number of rotatable bonds is 5. The van der Waals surface area contributed by atoms with Gasteiger partial charge in [0, 0.05) is 12.2 Å². The Bertz CT molecular complexity index is 353. The zero-order valence-corrected chi connectivity index (χ0v) is 9.77. The molecule has 0 radical (unpaired) electrons. The molecule has 0 unspecified atom stereocenters. The van der Waals surface area contributed by atoms with Gasteiger partial charge in [0.05, 0.1) is 13.2 Å². The Kier molecular flexibility index (Phi) is 4.79. The largest absolute Gasteiger partial charge is 0.465 e. The van der Waals surface area contributed by atoms with Gasteiger partial charge in [-0.05, 0) is 31.7 Å². The van der Waals surface area contributed by atoms with Crippen molar-refractivity contribution in [3.63, 3.8) is 0 Å². The smallest absolute Gasteiger partial charge is 0.320 e. The summed E-state index contributed by atoms with van der Waals surface area (Å²) < 4.78 is 4.87. The van der Waals surface area contributed by atoms with E-state index in [9.17, 15) is 4.79 Å². The number of nitrogens with zero attached hydrogens (tertiary/aromatic N) is 1. The molecule has 1 aromatic rings. The average Bonchev–Trinajstić information content (AvgIpc) is 2.17. The van der Waals surface area contributed by atoms with Crippen molar-refractivity contribution in [3.05, 3.63) is 29.8 Å². The van der Waals surface area contributed by atoms with E-state index in [4.69, 9.17) is 10.5 Å². The molecule has 0 heterocycles. The minimum absolute atomic E-state index is 0.200. The lowest BCUT2D eigenvalue weighted by molar-refractivity contribution is -0.144. The lowest BCUT2D eigenvalue weighted by atomic mass is 10.2. The van der Waals surface area contributed by atoms with Crippen LogP contribution in [0.15, 0.2) is 24.3 Å². The summed E-state index contributed by atoms with van der Waals surface area (Å²) in [5.41, 5.74) is 7.50. The first-order valence-corrected chi connectivity index (χ1v) is 5.30. The lowest BCUT2D eigenvalue weighted by Gasteiger charge is -2.15. The molecule has 0 saturated carbocycles. The highest BCUT2D eigenvalue weighted by Crippen LogP contribution is 2.08. The maximum atomic E-state index is 11.2. The van der Waals surface area contributed by atoms with Gasteiger partial charge in [-0.3, -0.25) is 9.69 Å². The fourth-order valence-corrected chi connectivity index (χ4v) is 1.49. The molecule has 88 valence electrons. The van der Waals surface area contributed by atoms with Crippen LogP contribution in [0, 0.1) is 0 Å². The van der Waals surface area contributed by atoms with Gasteiger partial charge < -0.3 is 10.5 Å². The van der Waals surface area contributed by atoms with E-state index in [1.807, 2.05) is 36.2 Å². The first kappa shape index (κ1) is 12.5. The lowest BCUT2D eigenvalue weighted by Crippen LogP contribution is -2.27. The number of esters is 1. The van der Waals surface area contributed by atoms with Gasteiger partial charge in [-0.25, -0.2) is 0 Å². The third-order valence-electron chi connectivity index (χ3n) is 2.11. The molecule has 0 saturated heterocycles. The van der Waals surface area contributed by atoms with Crippen molar-refractivity contribution in [2.75, 3.05) is 25.9 Å². The SMILES string of the molecule is CCOC(=O)CN(C)Cc1cccc(N)c1. The third-order valence-corrected chi connectivity index (χ3v) is 2.11. The van der Waals surface area contributed by atoms with Crippen molar-refractivity contribution < 1.29 is 9.53 Å². The number of hydrogen-bond donors (Lipinski definition) is 1. The summed E-state index contributed by atoms with van der Waals surface area (Å²) in [5, 5.41) is 0. The quantitative estimate of drug-likeness (QED) is 0.602. The Labute approximate surface area is 96.0 Å². The molecule has 0 aliphatic rings. The molecule has 0 bridgehead atoms. The minimum atomic E-state index is -0.200. The Morgan fingerprint density at radius 2 is 2.25 bits per heavy atom. The Morgan fingerprint density at radius 3 is 2.88 bits per heavy atom. The van der Waals surface area contributed by atoms with Gasteiger partial charge in [0.2, 0.25) is 0 Å². The summed E-state index contributed by atoms with van der Waals surface area (Å²) in [4.78, 5) is 13.1. The summed E-state index contributed by atoms with van der Waals surface area (Å²) in [5.74, 6) is -0.200. The van der Waals surface area contributed by atoms with Crippen molar-refractivity contribution in [1.29, 1.82) is 0 Å².